The van der Waals surface area contributed by atoms with E-state index in [2.05, 4.69) is 23.9 Å². The maximum absolute atomic E-state index is 12.3. The number of ether oxygens (including phenoxy) is 2. The lowest BCUT2D eigenvalue weighted by molar-refractivity contribution is -0.0501. The monoisotopic (exact) mass is 299 g/mol. The van der Waals surface area contributed by atoms with E-state index in [-0.39, 0.29) is 17.3 Å². The highest BCUT2D eigenvalue weighted by Crippen LogP contribution is 2.32. The molecule has 1 N–H and O–H groups in total. The molecule has 1 aromatic carbocycles. The van der Waals surface area contributed by atoms with Crippen molar-refractivity contribution in [3.05, 3.63) is 29.8 Å². The molecule has 1 saturated heterocycles. The third-order valence-corrected chi connectivity index (χ3v) is 4.38. The summed E-state index contributed by atoms with van der Waals surface area (Å²) in [5, 5.41) is 3.43. The molecule has 0 radical (unpaired) electrons. The van der Waals surface area contributed by atoms with E-state index in [4.69, 9.17) is 4.74 Å². The summed E-state index contributed by atoms with van der Waals surface area (Å²) in [6, 6.07) is 6.76. The van der Waals surface area contributed by atoms with Gasteiger partial charge >= 0.3 is 6.61 Å². The molecule has 1 atom stereocenters. The van der Waals surface area contributed by atoms with E-state index >= 15 is 0 Å². The second-order valence-electron chi connectivity index (χ2n) is 5.59. The van der Waals surface area contributed by atoms with Crippen LogP contribution >= 0.6 is 0 Å². The van der Waals surface area contributed by atoms with Gasteiger partial charge in [-0.3, -0.25) is 0 Å². The molecule has 0 saturated carbocycles. The van der Waals surface area contributed by atoms with Gasteiger partial charge in [0, 0.05) is 18.5 Å². The molecule has 2 rings (SSSR count). The van der Waals surface area contributed by atoms with Crippen LogP contribution < -0.4 is 10.1 Å². The number of alkyl halides is 2. The number of nitrogens with one attached hydrogen (secondary N) is 1. The Morgan fingerprint density at radius 2 is 2.14 bits per heavy atom. The lowest BCUT2D eigenvalue weighted by Crippen LogP contribution is -2.34. The quantitative estimate of drug-likeness (QED) is 0.898. The van der Waals surface area contributed by atoms with Crippen LogP contribution in [-0.2, 0) is 4.74 Å². The predicted molar refractivity (Wildman–Crippen MR) is 77.7 cm³/mol. The van der Waals surface area contributed by atoms with Gasteiger partial charge in [-0.2, -0.15) is 8.78 Å². The molecule has 5 heteroatoms. The number of benzene rings is 1. The summed E-state index contributed by atoms with van der Waals surface area (Å²) in [6.45, 7) is 3.82. The predicted octanol–water partition coefficient (Wildman–Crippen LogP) is 3.76. The zero-order valence-corrected chi connectivity index (χ0v) is 12.6. The van der Waals surface area contributed by atoms with Gasteiger partial charge in [0.05, 0.1) is 12.7 Å². The third kappa shape index (κ3) is 4.14. The Balaban J connectivity index is 2.08. The van der Waals surface area contributed by atoms with Crippen LogP contribution in [0.15, 0.2) is 24.3 Å². The molecule has 1 fully saturated rings. The van der Waals surface area contributed by atoms with Gasteiger partial charge in [0.1, 0.15) is 5.75 Å². The summed E-state index contributed by atoms with van der Waals surface area (Å²) in [6.07, 6.45) is 1.97. The summed E-state index contributed by atoms with van der Waals surface area (Å²) in [7, 11) is 0. The van der Waals surface area contributed by atoms with Crippen molar-refractivity contribution in [2.24, 2.45) is 5.41 Å². The average Bonchev–Trinajstić information content (AvgIpc) is 2.70. The van der Waals surface area contributed by atoms with Crippen molar-refractivity contribution in [2.45, 2.75) is 39.4 Å². The molecule has 0 aliphatic carbocycles. The van der Waals surface area contributed by atoms with Crippen molar-refractivity contribution in [1.82, 2.24) is 5.32 Å². The van der Waals surface area contributed by atoms with E-state index in [9.17, 15) is 8.78 Å². The highest BCUT2D eigenvalue weighted by atomic mass is 19.3. The van der Waals surface area contributed by atoms with Crippen LogP contribution in [0.25, 0.3) is 0 Å². The zero-order valence-electron chi connectivity index (χ0n) is 12.6. The fourth-order valence-electron chi connectivity index (χ4n) is 2.66. The van der Waals surface area contributed by atoms with Gasteiger partial charge in [0.25, 0.3) is 0 Å². The van der Waals surface area contributed by atoms with E-state index in [0.717, 1.165) is 24.9 Å². The van der Waals surface area contributed by atoms with Gasteiger partial charge in [-0.15, -0.1) is 0 Å². The number of halogens is 2. The second-order valence-corrected chi connectivity index (χ2v) is 5.59. The van der Waals surface area contributed by atoms with Gasteiger partial charge in [-0.1, -0.05) is 26.0 Å². The first-order valence-electron chi connectivity index (χ1n) is 7.45. The minimum atomic E-state index is -2.80. The summed E-state index contributed by atoms with van der Waals surface area (Å²) < 4.78 is 35.1. The van der Waals surface area contributed by atoms with Crippen LogP contribution in [0, 0.1) is 5.41 Å². The van der Waals surface area contributed by atoms with Gasteiger partial charge in [-0.25, -0.2) is 0 Å². The number of hydrogen-bond donors (Lipinski definition) is 1. The standard InChI is InChI=1S/C16H23F2NO2/c1-3-16(4-2)10-19-9-14(20-11-16)12-6-5-7-13(8-12)21-15(17)18/h5-8,14-15,19H,3-4,9-11H2,1-2H3. The second kappa shape index (κ2) is 7.18. The topological polar surface area (TPSA) is 30.5 Å². The molecule has 118 valence electrons. The molecule has 0 amide bonds. The minimum absolute atomic E-state index is 0.133. The van der Waals surface area contributed by atoms with Gasteiger partial charge in [0.15, 0.2) is 0 Å². The maximum Gasteiger partial charge on any atom is 0.387 e. The summed E-state index contributed by atoms with van der Waals surface area (Å²) in [5.41, 5.74) is 1.02. The van der Waals surface area contributed by atoms with Crippen LogP contribution in [0.1, 0.15) is 38.4 Å². The number of hydrogen-bond acceptors (Lipinski definition) is 3. The Kier molecular flexibility index (Phi) is 5.53. The zero-order chi connectivity index (χ0) is 15.3. The first-order chi connectivity index (χ1) is 10.1. The molecule has 0 aromatic heterocycles. The van der Waals surface area contributed by atoms with E-state index in [1.807, 2.05) is 6.07 Å². The lowest BCUT2D eigenvalue weighted by Gasteiger charge is -2.29. The van der Waals surface area contributed by atoms with Crippen molar-refractivity contribution in [3.8, 4) is 5.75 Å². The third-order valence-electron chi connectivity index (χ3n) is 4.38. The lowest BCUT2D eigenvalue weighted by atomic mass is 9.83. The van der Waals surface area contributed by atoms with Gasteiger partial charge in [0.2, 0.25) is 0 Å². The van der Waals surface area contributed by atoms with Gasteiger partial charge < -0.3 is 14.8 Å². The van der Waals surface area contributed by atoms with Crippen molar-refractivity contribution < 1.29 is 18.3 Å². The molecule has 21 heavy (non-hydrogen) atoms. The summed E-state index contributed by atoms with van der Waals surface area (Å²) >= 11 is 0. The summed E-state index contributed by atoms with van der Waals surface area (Å²) in [4.78, 5) is 0. The minimum Gasteiger partial charge on any atom is -0.435 e. The van der Waals surface area contributed by atoms with E-state index in [1.165, 1.54) is 6.07 Å². The normalized spacial score (nSPS) is 22.0. The number of rotatable bonds is 5. The molecule has 1 aromatic rings. The Morgan fingerprint density at radius 1 is 1.38 bits per heavy atom. The Bertz CT molecular complexity index is 450. The fourth-order valence-corrected chi connectivity index (χ4v) is 2.66. The fraction of sp³-hybridized carbons (Fsp3) is 0.625. The first-order valence-corrected chi connectivity index (χ1v) is 7.45. The largest absolute Gasteiger partial charge is 0.435 e. The smallest absolute Gasteiger partial charge is 0.387 e. The molecule has 3 nitrogen and oxygen atoms in total. The molecular weight excluding hydrogens is 276 g/mol. The first kappa shape index (κ1) is 16.2. The Labute approximate surface area is 124 Å². The van der Waals surface area contributed by atoms with Gasteiger partial charge in [-0.05, 0) is 30.5 Å². The molecule has 1 aliphatic rings. The molecule has 0 bridgehead atoms. The average molecular weight is 299 g/mol. The van der Waals surface area contributed by atoms with Crippen LogP contribution in [0.3, 0.4) is 0 Å². The van der Waals surface area contributed by atoms with E-state index < -0.39 is 6.61 Å². The molecule has 1 heterocycles. The van der Waals surface area contributed by atoms with Crippen molar-refractivity contribution in [2.75, 3.05) is 19.7 Å². The SMILES string of the molecule is CCC1(CC)CNCC(c2cccc(OC(F)F)c2)OC1. The van der Waals surface area contributed by atoms with Crippen LogP contribution in [-0.4, -0.2) is 26.3 Å². The highest BCUT2D eigenvalue weighted by Gasteiger charge is 2.31. The van der Waals surface area contributed by atoms with Crippen LogP contribution in [0.5, 0.6) is 5.75 Å². The molecule has 1 aliphatic heterocycles. The molecule has 0 spiro atoms. The Hall–Kier alpha value is -1.20. The maximum atomic E-state index is 12.3. The Morgan fingerprint density at radius 3 is 2.81 bits per heavy atom. The van der Waals surface area contributed by atoms with E-state index in [1.54, 1.807) is 12.1 Å². The summed E-state index contributed by atoms with van der Waals surface area (Å²) in [5.74, 6) is 0.174. The van der Waals surface area contributed by atoms with E-state index in [0.29, 0.717) is 13.2 Å². The van der Waals surface area contributed by atoms with Crippen molar-refractivity contribution in [3.63, 3.8) is 0 Å². The van der Waals surface area contributed by atoms with Crippen molar-refractivity contribution in [1.29, 1.82) is 0 Å². The molecule has 1 unspecified atom stereocenters. The highest BCUT2D eigenvalue weighted by molar-refractivity contribution is 5.30. The van der Waals surface area contributed by atoms with Crippen LogP contribution in [0.4, 0.5) is 8.78 Å². The molecular formula is C16H23F2NO2. The van der Waals surface area contributed by atoms with Crippen LogP contribution in [0.2, 0.25) is 0 Å². The van der Waals surface area contributed by atoms with Crippen molar-refractivity contribution >= 4 is 0 Å².